The lowest BCUT2D eigenvalue weighted by atomic mass is 10.1. The molecule has 3 N–H and O–H groups in total. The van der Waals surface area contributed by atoms with Crippen LogP contribution in [0.5, 0.6) is 0 Å². The molecule has 2 aromatic rings. The molecule has 2 aromatic carbocycles. The number of halogens is 2. The van der Waals surface area contributed by atoms with Gasteiger partial charge in [0.05, 0.1) is 0 Å². The van der Waals surface area contributed by atoms with Crippen molar-refractivity contribution in [3.05, 3.63) is 63.1 Å². The fourth-order valence-corrected chi connectivity index (χ4v) is 2.60. The Bertz CT molecular complexity index is 628. The minimum atomic E-state index is 0.166. The Hall–Kier alpha value is -1.10. The highest BCUT2D eigenvalue weighted by atomic mass is 79.9. The number of nitrogens with one attached hydrogen (secondary N) is 1. The highest BCUT2D eigenvalue weighted by Crippen LogP contribution is 2.28. The molecule has 0 spiro atoms. The smallest absolute Gasteiger partial charge is 0.104 e. The van der Waals surface area contributed by atoms with Gasteiger partial charge in [0.1, 0.15) is 4.99 Å². The van der Waals surface area contributed by atoms with Gasteiger partial charge in [0.2, 0.25) is 0 Å². The highest BCUT2D eigenvalue weighted by Gasteiger charge is 2.08. The number of hydrogen-bond acceptors (Lipinski definition) is 2. The van der Waals surface area contributed by atoms with E-state index < -0.39 is 0 Å². The summed E-state index contributed by atoms with van der Waals surface area (Å²) in [7, 11) is 0. The predicted molar refractivity (Wildman–Crippen MR) is 93.5 cm³/mol. The Morgan fingerprint density at radius 1 is 1.25 bits per heavy atom. The topological polar surface area (TPSA) is 38.0 Å². The van der Waals surface area contributed by atoms with Crippen molar-refractivity contribution in [3.8, 4) is 0 Å². The molecule has 0 aliphatic rings. The third-order valence-electron chi connectivity index (χ3n) is 3.00. The fourth-order valence-electron chi connectivity index (χ4n) is 1.85. The zero-order valence-electron chi connectivity index (χ0n) is 10.9. The predicted octanol–water partition coefficient (Wildman–Crippen LogP) is 4.91. The van der Waals surface area contributed by atoms with Crippen molar-refractivity contribution in [1.82, 2.24) is 0 Å². The molecule has 0 amide bonds. The minimum Gasteiger partial charge on any atom is -0.389 e. The molecule has 2 nitrogen and oxygen atoms in total. The molecule has 0 heterocycles. The van der Waals surface area contributed by atoms with Crippen LogP contribution in [0.25, 0.3) is 0 Å². The molecule has 0 aliphatic carbocycles. The second-order valence-electron chi connectivity index (χ2n) is 4.48. The van der Waals surface area contributed by atoms with Crippen molar-refractivity contribution < 1.29 is 0 Å². The summed E-state index contributed by atoms with van der Waals surface area (Å²) in [5.74, 6) is 0. The number of hydrogen-bond donors (Lipinski definition) is 2. The van der Waals surface area contributed by atoms with Crippen molar-refractivity contribution in [1.29, 1.82) is 0 Å². The van der Waals surface area contributed by atoms with E-state index in [0.29, 0.717) is 4.99 Å². The molecule has 2 rings (SSSR count). The van der Waals surface area contributed by atoms with Gasteiger partial charge in [-0.05, 0) is 58.7 Å². The molecule has 0 saturated heterocycles. The summed E-state index contributed by atoms with van der Waals surface area (Å²) in [5, 5.41) is 4.18. The van der Waals surface area contributed by atoms with Gasteiger partial charge in [-0.3, -0.25) is 0 Å². The van der Waals surface area contributed by atoms with Crippen LogP contribution < -0.4 is 11.1 Å². The number of rotatable bonds is 4. The molecule has 0 saturated carbocycles. The number of thiocarbonyl (C=S) groups is 1. The Kier molecular flexibility index (Phi) is 5.02. The van der Waals surface area contributed by atoms with Gasteiger partial charge in [0, 0.05) is 26.8 Å². The van der Waals surface area contributed by atoms with E-state index in [0.717, 1.165) is 20.7 Å². The summed E-state index contributed by atoms with van der Waals surface area (Å²) < 4.78 is 0.934. The van der Waals surface area contributed by atoms with E-state index in [9.17, 15) is 0 Å². The minimum absolute atomic E-state index is 0.166. The van der Waals surface area contributed by atoms with Crippen LogP contribution in [-0.4, -0.2) is 4.99 Å². The molecule has 0 bridgehead atoms. The molecular formula is C15H14BrClN2S. The summed E-state index contributed by atoms with van der Waals surface area (Å²) >= 11 is 14.4. The van der Waals surface area contributed by atoms with E-state index in [1.54, 1.807) is 0 Å². The Morgan fingerprint density at radius 2 is 1.90 bits per heavy atom. The third-order valence-corrected chi connectivity index (χ3v) is 4.14. The van der Waals surface area contributed by atoms with E-state index >= 15 is 0 Å². The van der Waals surface area contributed by atoms with Gasteiger partial charge < -0.3 is 11.1 Å². The summed E-state index contributed by atoms with van der Waals surface area (Å²) in [4.78, 5) is 0.392. The Morgan fingerprint density at radius 3 is 2.45 bits per heavy atom. The first-order valence-corrected chi connectivity index (χ1v) is 7.66. The molecule has 0 fully saturated rings. The fraction of sp³-hybridized carbons (Fsp3) is 0.133. The molecule has 0 radical (unpaired) electrons. The van der Waals surface area contributed by atoms with Crippen molar-refractivity contribution in [3.63, 3.8) is 0 Å². The van der Waals surface area contributed by atoms with Gasteiger partial charge in [0.25, 0.3) is 0 Å². The molecule has 20 heavy (non-hydrogen) atoms. The monoisotopic (exact) mass is 368 g/mol. The number of nitrogens with two attached hydrogens (primary N) is 1. The maximum absolute atomic E-state index is 5.90. The first kappa shape index (κ1) is 15.3. The largest absolute Gasteiger partial charge is 0.389 e. The average molecular weight is 370 g/mol. The SMILES string of the molecule is CC(Nc1ccc(C(N)=S)cc1Br)c1ccc(Cl)cc1. The lowest BCUT2D eigenvalue weighted by Gasteiger charge is -2.17. The van der Waals surface area contributed by atoms with Crippen LogP contribution in [0.1, 0.15) is 24.1 Å². The van der Waals surface area contributed by atoms with E-state index in [2.05, 4.69) is 28.2 Å². The van der Waals surface area contributed by atoms with Gasteiger partial charge in [-0.1, -0.05) is 36.0 Å². The zero-order valence-corrected chi connectivity index (χ0v) is 14.0. The number of benzene rings is 2. The van der Waals surface area contributed by atoms with Crippen LogP contribution >= 0.6 is 39.7 Å². The van der Waals surface area contributed by atoms with E-state index in [1.807, 2.05) is 42.5 Å². The van der Waals surface area contributed by atoms with Crippen molar-refractivity contribution in [2.45, 2.75) is 13.0 Å². The number of anilines is 1. The van der Waals surface area contributed by atoms with Crippen molar-refractivity contribution in [2.75, 3.05) is 5.32 Å². The lowest BCUT2D eigenvalue weighted by molar-refractivity contribution is 0.883. The van der Waals surface area contributed by atoms with Crippen LogP contribution in [0, 0.1) is 0 Å². The molecule has 1 atom stereocenters. The maximum atomic E-state index is 5.90. The second kappa shape index (κ2) is 6.57. The van der Waals surface area contributed by atoms with E-state index in [4.69, 9.17) is 29.6 Å². The van der Waals surface area contributed by atoms with Gasteiger partial charge in [0.15, 0.2) is 0 Å². The van der Waals surface area contributed by atoms with Crippen LogP contribution in [-0.2, 0) is 0 Å². The first-order chi connectivity index (χ1) is 9.47. The van der Waals surface area contributed by atoms with Gasteiger partial charge >= 0.3 is 0 Å². The lowest BCUT2D eigenvalue weighted by Crippen LogP contribution is -2.10. The van der Waals surface area contributed by atoms with Crippen LogP contribution in [0.15, 0.2) is 46.9 Å². The van der Waals surface area contributed by atoms with Gasteiger partial charge in [-0.15, -0.1) is 0 Å². The summed E-state index contributed by atoms with van der Waals surface area (Å²) in [6.07, 6.45) is 0. The summed E-state index contributed by atoms with van der Waals surface area (Å²) in [6.45, 7) is 2.09. The summed E-state index contributed by atoms with van der Waals surface area (Å²) in [6, 6.07) is 13.8. The van der Waals surface area contributed by atoms with Crippen molar-refractivity contribution in [2.24, 2.45) is 5.73 Å². The maximum Gasteiger partial charge on any atom is 0.104 e. The molecule has 0 aromatic heterocycles. The average Bonchev–Trinajstić information content (AvgIpc) is 2.41. The van der Waals surface area contributed by atoms with Crippen molar-refractivity contribution >= 4 is 50.4 Å². The molecular weight excluding hydrogens is 356 g/mol. The summed E-state index contributed by atoms with van der Waals surface area (Å²) in [5.41, 5.74) is 8.62. The van der Waals surface area contributed by atoms with Gasteiger partial charge in [-0.2, -0.15) is 0 Å². The Labute approximate surface area is 137 Å². The van der Waals surface area contributed by atoms with Crippen LogP contribution in [0.3, 0.4) is 0 Å². The highest BCUT2D eigenvalue weighted by molar-refractivity contribution is 9.10. The molecule has 5 heteroatoms. The van der Waals surface area contributed by atoms with E-state index in [-0.39, 0.29) is 6.04 Å². The van der Waals surface area contributed by atoms with E-state index in [1.165, 1.54) is 5.56 Å². The molecule has 1 unspecified atom stereocenters. The quantitative estimate of drug-likeness (QED) is 0.752. The first-order valence-electron chi connectivity index (χ1n) is 6.08. The second-order valence-corrected chi connectivity index (χ2v) is 6.21. The standard InChI is InChI=1S/C15H14BrClN2S/c1-9(10-2-5-12(17)6-3-10)19-14-7-4-11(15(18)20)8-13(14)16/h2-9,19H,1H3,(H2,18,20). The van der Waals surface area contributed by atoms with Gasteiger partial charge in [-0.25, -0.2) is 0 Å². The normalized spacial score (nSPS) is 11.9. The molecule has 104 valence electrons. The molecule has 0 aliphatic heterocycles. The zero-order chi connectivity index (χ0) is 14.7. The third kappa shape index (κ3) is 3.72. The Balaban J connectivity index is 2.17. The van der Waals surface area contributed by atoms with Crippen LogP contribution in [0.4, 0.5) is 5.69 Å². The van der Waals surface area contributed by atoms with Crippen LogP contribution in [0.2, 0.25) is 5.02 Å².